The van der Waals surface area contributed by atoms with E-state index < -0.39 is 43.1 Å². The summed E-state index contributed by atoms with van der Waals surface area (Å²) >= 11 is 0. The maximum absolute atomic E-state index is 13.0. The average Bonchev–Trinajstić information content (AvgIpc) is 3.09. The largest absolute Gasteiger partial charge is 0.481 e. The topological polar surface area (TPSA) is 95.4 Å². The number of nitrogens with one attached hydrogen (secondary N) is 1. The molecule has 2 N–H and O–H groups in total. The molecule has 27 heavy (non-hydrogen) atoms. The van der Waals surface area contributed by atoms with Gasteiger partial charge in [-0.2, -0.15) is 13.2 Å². The Balaban J connectivity index is 1.68. The molecule has 2 amide bonds. The Hall–Kier alpha value is -3.17. The second-order valence-corrected chi connectivity index (χ2v) is 6.09. The third-order valence-corrected chi connectivity index (χ3v) is 4.28. The zero-order valence-electron chi connectivity index (χ0n) is 13.8. The predicted molar refractivity (Wildman–Crippen MR) is 88.7 cm³/mol. The van der Waals surface area contributed by atoms with E-state index in [9.17, 15) is 22.8 Å². The van der Waals surface area contributed by atoms with Gasteiger partial charge >= 0.3 is 18.2 Å². The third-order valence-electron chi connectivity index (χ3n) is 4.28. The molecule has 1 saturated heterocycles. The summed E-state index contributed by atoms with van der Waals surface area (Å²) in [6, 6.07) is 8.26. The fraction of sp³-hybridized carbons (Fsp3) is 0.294. The van der Waals surface area contributed by atoms with Crippen LogP contribution in [0.1, 0.15) is 0 Å². The van der Waals surface area contributed by atoms with Gasteiger partial charge in [0.25, 0.3) is 0 Å². The minimum Gasteiger partial charge on any atom is -0.481 e. The highest BCUT2D eigenvalue weighted by molar-refractivity contribution is 5.90. The number of urea groups is 1. The second-order valence-electron chi connectivity index (χ2n) is 6.09. The summed E-state index contributed by atoms with van der Waals surface area (Å²) in [7, 11) is 0. The molecule has 10 heteroatoms. The molecule has 0 bridgehead atoms. The molecule has 2 heterocycles. The van der Waals surface area contributed by atoms with E-state index in [1.807, 2.05) is 18.2 Å². The minimum absolute atomic E-state index is 0.196. The molecular weight excluding hydrogens is 365 g/mol. The van der Waals surface area contributed by atoms with Crippen LogP contribution < -0.4 is 5.32 Å². The van der Waals surface area contributed by atoms with E-state index in [1.54, 1.807) is 12.1 Å². The highest BCUT2D eigenvalue weighted by atomic mass is 19.4. The van der Waals surface area contributed by atoms with Crippen LogP contribution in [0.2, 0.25) is 0 Å². The Morgan fingerprint density at radius 3 is 2.26 bits per heavy atom. The molecule has 2 atom stereocenters. The van der Waals surface area contributed by atoms with Gasteiger partial charge in [0.15, 0.2) is 5.82 Å². The molecule has 7 nitrogen and oxygen atoms in total. The first-order valence-corrected chi connectivity index (χ1v) is 7.98. The number of carbonyl (C=O) groups excluding carboxylic acids is 1. The Morgan fingerprint density at radius 1 is 1.11 bits per heavy atom. The zero-order valence-corrected chi connectivity index (χ0v) is 13.8. The summed E-state index contributed by atoms with van der Waals surface area (Å²) in [5.41, 5.74) is 0.967. The summed E-state index contributed by atoms with van der Waals surface area (Å²) in [4.78, 5) is 32.3. The van der Waals surface area contributed by atoms with Crippen molar-refractivity contribution in [2.24, 2.45) is 11.8 Å². The number of aromatic nitrogens is 2. The highest BCUT2D eigenvalue weighted by Gasteiger charge is 2.53. The normalized spacial score (nSPS) is 19.7. The maximum Gasteiger partial charge on any atom is 0.394 e. The molecule has 1 aliphatic rings. The van der Waals surface area contributed by atoms with Gasteiger partial charge in [-0.25, -0.2) is 14.8 Å². The van der Waals surface area contributed by atoms with Crippen molar-refractivity contribution in [3.8, 4) is 11.4 Å². The number of hydrogen-bond acceptors (Lipinski definition) is 4. The van der Waals surface area contributed by atoms with E-state index in [2.05, 4.69) is 15.3 Å². The smallest absolute Gasteiger partial charge is 0.394 e. The first-order valence-electron chi connectivity index (χ1n) is 7.98. The van der Waals surface area contributed by atoms with E-state index in [0.29, 0.717) is 5.82 Å². The van der Waals surface area contributed by atoms with E-state index in [1.165, 1.54) is 12.4 Å². The number of anilines is 1. The molecule has 0 spiro atoms. The van der Waals surface area contributed by atoms with Crippen LogP contribution in [0.3, 0.4) is 0 Å². The van der Waals surface area contributed by atoms with Crippen molar-refractivity contribution < 1.29 is 27.9 Å². The number of likely N-dealkylation sites (tertiary alicyclic amines) is 1. The van der Waals surface area contributed by atoms with Gasteiger partial charge < -0.3 is 15.3 Å². The molecule has 1 fully saturated rings. The van der Waals surface area contributed by atoms with Crippen molar-refractivity contribution in [3.63, 3.8) is 0 Å². The van der Waals surface area contributed by atoms with E-state index in [4.69, 9.17) is 5.11 Å². The summed E-state index contributed by atoms with van der Waals surface area (Å²) in [6.07, 6.45) is -2.03. The number of benzene rings is 1. The Labute approximate surface area is 151 Å². The first-order chi connectivity index (χ1) is 12.8. The predicted octanol–water partition coefficient (Wildman–Crippen LogP) is 2.87. The van der Waals surface area contributed by atoms with Crippen molar-refractivity contribution in [3.05, 3.63) is 42.7 Å². The van der Waals surface area contributed by atoms with Crippen LogP contribution in [-0.2, 0) is 4.79 Å². The standard InChI is InChI=1S/C17H15F3N4O3/c18-17(19,20)13-9-24(8-12(13)15(25)26)16(27)23-11-6-21-14(22-7-11)10-4-2-1-3-5-10/h1-7,12-13H,8-9H2,(H,23,27)(H,25,26)/t12-,13-/m1/s1. The number of carboxylic acids is 1. The molecule has 3 rings (SSSR count). The van der Waals surface area contributed by atoms with Gasteiger partial charge in [0, 0.05) is 18.7 Å². The number of halogens is 3. The molecular formula is C17H15F3N4O3. The van der Waals surface area contributed by atoms with Crippen LogP contribution in [0.25, 0.3) is 11.4 Å². The lowest BCUT2D eigenvalue weighted by Gasteiger charge is -2.18. The summed E-state index contributed by atoms with van der Waals surface area (Å²) in [5, 5.41) is 11.4. The molecule has 2 aromatic rings. The number of alkyl halides is 3. The first kappa shape index (κ1) is 18.6. The Bertz CT molecular complexity index is 828. The van der Waals surface area contributed by atoms with Crippen molar-refractivity contribution >= 4 is 17.7 Å². The van der Waals surface area contributed by atoms with E-state index >= 15 is 0 Å². The van der Waals surface area contributed by atoms with Gasteiger partial charge in [-0.3, -0.25) is 4.79 Å². The lowest BCUT2D eigenvalue weighted by Crippen LogP contribution is -2.35. The quantitative estimate of drug-likeness (QED) is 0.854. The van der Waals surface area contributed by atoms with Crippen LogP contribution >= 0.6 is 0 Å². The molecule has 0 radical (unpaired) electrons. The third kappa shape index (κ3) is 4.15. The molecule has 0 aliphatic carbocycles. The lowest BCUT2D eigenvalue weighted by molar-refractivity contribution is -0.187. The second kappa shape index (κ2) is 7.22. The number of nitrogens with zero attached hydrogens (tertiary/aromatic N) is 3. The van der Waals surface area contributed by atoms with Gasteiger partial charge in [-0.15, -0.1) is 0 Å². The van der Waals surface area contributed by atoms with Gasteiger partial charge in [0.2, 0.25) is 0 Å². The Morgan fingerprint density at radius 2 is 1.74 bits per heavy atom. The summed E-state index contributed by atoms with van der Waals surface area (Å²) in [6.45, 7) is -1.23. The number of aliphatic carboxylic acids is 1. The van der Waals surface area contributed by atoms with Crippen molar-refractivity contribution in [2.75, 3.05) is 18.4 Å². The maximum atomic E-state index is 13.0. The SMILES string of the molecule is O=C(O)[C@@H]1CN(C(=O)Nc2cnc(-c3ccccc3)nc2)C[C@H]1C(F)(F)F. The van der Waals surface area contributed by atoms with E-state index in [-0.39, 0.29) is 5.69 Å². The number of carbonyl (C=O) groups is 2. The average molecular weight is 380 g/mol. The van der Waals surface area contributed by atoms with Crippen LogP contribution in [0.15, 0.2) is 42.7 Å². The molecule has 1 aromatic heterocycles. The van der Waals surface area contributed by atoms with Gasteiger partial charge in [0.05, 0.1) is 29.9 Å². The number of hydrogen-bond donors (Lipinski definition) is 2. The van der Waals surface area contributed by atoms with Gasteiger partial charge in [0.1, 0.15) is 0 Å². The zero-order chi connectivity index (χ0) is 19.6. The van der Waals surface area contributed by atoms with Crippen LogP contribution in [0.4, 0.5) is 23.7 Å². The van der Waals surface area contributed by atoms with Crippen LogP contribution in [0.5, 0.6) is 0 Å². The lowest BCUT2D eigenvalue weighted by atomic mass is 9.96. The fourth-order valence-corrected chi connectivity index (χ4v) is 2.88. The van der Waals surface area contributed by atoms with Crippen molar-refractivity contribution in [2.45, 2.75) is 6.18 Å². The molecule has 0 saturated carbocycles. The van der Waals surface area contributed by atoms with Crippen molar-refractivity contribution in [1.82, 2.24) is 14.9 Å². The van der Waals surface area contributed by atoms with Crippen LogP contribution in [-0.4, -0.2) is 51.2 Å². The van der Waals surface area contributed by atoms with Crippen molar-refractivity contribution in [1.29, 1.82) is 0 Å². The molecule has 142 valence electrons. The monoisotopic (exact) mass is 380 g/mol. The fourth-order valence-electron chi connectivity index (χ4n) is 2.88. The van der Waals surface area contributed by atoms with Gasteiger partial charge in [-0.1, -0.05) is 30.3 Å². The number of amides is 2. The minimum atomic E-state index is -4.70. The van der Waals surface area contributed by atoms with Gasteiger partial charge in [-0.05, 0) is 0 Å². The Kier molecular flexibility index (Phi) is 4.98. The summed E-state index contributed by atoms with van der Waals surface area (Å²) in [5.74, 6) is -4.94. The van der Waals surface area contributed by atoms with Crippen LogP contribution in [0, 0.1) is 11.8 Å². The summed E-state index contributed by atoms with van der Waals surface area (Å²) < 4.78 is 39.0. The number of rotatable bonds is 3. The number of carboxylic acid groups (broad SMARTS) is 1. The highest BCUT2D eigenvalue weighted by Crippen LogP contribution is 2.37. The molecule has 1 aliphatic heterocycles. The molecule has 0 unspecified atom stereocenters. The molecule has 1 aromatic carbocycles. The van der Waals surface area contributed by atoms with E-state index in [0.717, 1.165) is 10.5 Å².